The Balaban J connectivity index is 2.04. The van der Waals surface area contributed by atoms with E-state index in [0.717, 1.165) is 5.69 Å². The molecule has 2 rings (SSSR count). The van der Waals surface area contributed by atoms with Crippen molar-refractivity contribution in [1.29, 1.82) is 0 Å². The van der Waals surface area contributed by atoms with Gasteiger partial charge in [0.2, 0.25) is 11.8 Å². The fraction of sp³-hybridized carbons (Fsp3) is 0.438. The quantitative estimate of drug-likeness (QED) is 0.857. The average molecular weight is 304 g/mol. The van der Waals surface area contributed by atoms with Gasteiger partial charge >= 0.3 is 5.97 Å². The highest BCUT2D eigenvalue weighted by Crippen LogP contribution is 2.25. The van der Waals surface area contributed by atoms with Crippen LogP contribution in [0.15, 0.2) is 30.3 Å². The summed E-state index contributed by atoms with van der Waals surface area (Å²) in [4.78, 5) is 37.0. The Bertz CT molecular complexity index is 571. The SMILES string of the molecule is CC(C)[C@@H](NC(=O)[C@@H]1CC(=O)N(c2ccccc2)C1)C(=O)O. The van der Waals surface area contributed by atoms with E-state index in [-0.39, 0.29) is 30.7 Å². The highest BCUT2D eigenvalue weighted by atomic mass is 16.4. The number of carbonyl (C=O) groups excluding carboxylic acids is 2. The van der Waals surface area contributed by atoms with E-state index in [1.807, 2.05) is 30.3 Å². The van der Waals surface area contributed by atoms with Crippen molar-refractivity contribution in [1.82, 2.24) is 5.32 Å². The second kappa shape index (κ2) is 6.60. The molecule has 6 nitrogen and oxygen atoms in total. The number of benzene rings is 1. The van der Waals surface area contributed by atoms with Crippen LogP contribution in [0.4, 0.5) is 5.69 Å². The van der Waals surface area contributed by atoms with Crippen molar-refractivity contribution in [2.24, 2.45) is 11.8 Å². The number of nitrogens with one attached hydrogen (secondary N) is 1. The van der Waals surface area contributed by atoms with E-state index in [1.165, 1.54) is 0 Å². The lowest BCUT2D eigenvalue weighted by Gasteiger charge is -2.20. The van der Waals surface area contributed by atoms with E-state index in [1.54, 1.807) is 18.7 Å². The zero-order chi connectivity index (χ0) is 16.3. The van der Waals surface area contributed by atoms with E-state index in [2.05, 4.69) is 5.32 Å². The summed E-state index contributed by atoms with van der Waals surface area (Å²) in [5.41, 5.74) is 0.751. The Morgan fingerprint density at radius 3 is 2.45 bits per heavy atom. The first-order valence-electron chi connectivity index (χ1n) is 7.28. The highest BCUT2D eigenvalue weighted by Gasteiger charge is 2.36. The Hall–Kier alpha value is -2.37. The van der Waals surface area contributed by atoms with Gasteiger partial charge in [-0.25, -0.2) is 4.79 Å². The number of carboxylic acid groups (broad SMARTS) is 1. The van der Waals surface area contributed by atoms with Gasteiger partial charge in [-0.05, 0) is 18.1 Å². The maximum absolute atomic E-state index is 12.2. The molecule has 1 aliphatic rings. The van der Waals surface area contributed by atoms with Crippen LogP contribution in [0.1, 0.15) is 20.3 Å². The Labute approximate surface area is 129 Å². The molecular weight excluding hydrogens is 284 g/mol. The van der Waals surface area contributed by atoms with Crippen molar-refractivity contribution in [3.8, 4) is 0 Å². The number of para-hydroxylation sites is 1. The molecule has 0 aromatic heterocycles. The topological polar surface area (TPSA) is 86.7 Å². The second-order valence-corrected chi connectivity index (χ2v) is 5.81. The van der Waals surface area contributed by atoms with Gasteiger partial charge in [0, 0.05) is 18.7 Å². The number of rotatable bonds is 5. The second-order valence-electron chi connectivity index (χ2n) is 5.81. The van der Waals surface area contributed by atoms with E-state index in [0.29, 0.717) is 0 Å². The number of hydrogen-bond acceptors (Lipinski definition) is 3. The monoisotopic (exact) mass is 304 g/mol. The third-order valence-electron chi connectivity index (χ3n) is 3.79. The molecule has 2 atom stereocenters. The normalized spacial score (nSPS) is 19.3. The number of nitrogens with zero attached hydrogens (tertiary/aromatic N) is 1. The summed E-state index contributed by atoms with van der Waals surface area (Å²) < 4.78 is 0. The summed E-state index contributed by atoms with van der Waals surface area (Å²) in [6, 6.07) is 8.20. The van der Waals surface area contributed by atoms with Gasteiger partial charge in [-0.2, -0.15) is 0 Å². The molecule has 1 fully saturated rings. The predicted octanol–water partition coefficient (Wildman–Crippen LogP) is 1.26. The fourth-order valence-corrected chi connectivity index (χ4v) is 2.53. The number of amides is 2. The summed E-state index contributed by atoms with van der Waals surface area (Å²) in [5.74, 6) is -2.31. The van der Waals surface area contributed by atoms with Gasteiger partial charge in [-0.3, -0.25) is 9.59 Å². The zero-order valence-electron chi connectivity index (χ0n) is 12.7. The lowest BCUT2D eigenvalue weighted by atomic mass is 10.0. The largest absolute Gasteiger partial charge is 0.480 e. The maximum Gasteiger partial charge on any atom is 0.326 e. The standard InChI is InChI=1S/C16H20N2O4/c1-10(2)14(16(21)22)17-15(20)11-8-13(19)18(9-11)12-6-4-3-5-7-12/h3-7,10-11,14H,8-9H2,1-2H3,(H,17,20)(H,21,22)/t11-,14-/m1/s1. The van der Waals surface area contributed by atoms with Crippen molar-refractivity contribution in [2.75, 3.05) is 11.4 Å². The van der Waals surface area contributed by atoms with Gasteiger partial charge in [0.25, 0.3) is 0 Å². The van der Waals surface area contributed by atoms with Crippen molar-refractivity contribution < 1.29 is 19.5 Å². The molecule has 1 aliphatic heterocycles. The molecule has 2 amide bonds. The summed E-state index contributed by atoms with van der Waals surface area (Å²) in [6.07, 6.45) is 0.102. The van der Waals surface area contributed by atoms with Crippen molar-refractivity contribution in [3.63, 3.8) is 0 Å². The maximum atomic E-state index is 12.2. The first-order chi connectivity index (χ1) is 10.4. The van der Waals surface area contributed by atoms with E-state index >= 15 is 0 Å². The number of anilines is 1. The lowest BCUT2D eigenvalue weighted by molar-refractivity contribution is -0.143. The van der Waals surface area contributed by atoms with Crippen LogP contribution >= 0.6 is 0 Å². The minimum Gasteiger partial charge on any atom is -0.480 e. The molecule has 0 aliphatic carbocycles. The molecule has 0 spiro atoms. The first kappa shape index (κ1) is 16.0. The molecule has 1 saturated heterocycles. The zero-order valence-corrected chi connectivity index (χ0v) is 12.7. The van der Waals surface area contributed by atoms with Gasteiger partial charge in [0.15, 0.2) is 0 Å². The molecule has 2 N–H and O–H groups in total. The van der Waals surface area contributed by atoms with E-state index in [4.69, 9.17) is 5.11 Å². The van der Waals surface area contributed by atoms with Crippen molar-refractivity contribution in [2.45, 2.75) is 26.3 Å². The van der Waals surface area contributed by atoms with Gasteiger partial charge < -0.3 is 15.3 Å². The summed E-state index contributed by atoms with van der Waals surface area (Å²) in [7, 11) is 0. The van der Waals surface area contributed by atoms with Crippen molar-refractivity contribution >= 4 is 23.5 Å². The summed E-state index contributed by atoms with van der Waals surface area (Å²) in [5, 5.41) is 11.7. The molecule has 0 bridgehead atoms. The molecule has 1 heterocycles. The summed E-state index contributed by atoms with van der Waals surface area (Å²) in [6.45, 7) is 3.74. The number of hydrogen-bond donors (Lipinski definition) is 2. The molecule has 0 saturated carbocycles. The van der Waals surface area contributed by atoms with Crippen LogP contribution in [0.3, 0.4) is 0 Å². The molecule has 22 heavy (non-hydrogen) atoms. The minimum absolute atomic E-state index is 0.102. The van der Waals surface area contributed by atoms with E-state index in [9.17, 15) is 14.4 Å². The Morgan fingerprint density at radius 1 is 1.27 bits per heavy atom. The molecular formula is C16H20N2O4. The van der Waals surface area contributed by atoms with Gasteiger partial charge in [0.1, 0.15) is 6.04 Å². The Morgan fingerprint density at radius 2 is 1.91 bits per heavy atom. The van der Waals surface area contributed by atoms with Crippen LogP contribution in [0.25, 0.3) is 0 Å². The third-order valence-corrected chi connectivity index (χ3v) is 3.79. The van der Waals surface area contributed by atoms with Crippen LogP contribution in [-0.4, -0.2) is 35.5 Å². The van der Waals surface area contributed by atoms with Gasteiger partial charge in [-0.15, -0.1) is 0 Å². The van der Waals surface area contributed by atoms with Gasteiger partial charge in [0.05, 0.1) is 5.92 Å². The van der Waals surface area contributed by atoms with Crippen LogP contribution < -0.4 is 10.2 Å². The van der Waals surface area contributed by atoms with Crippen LogP contribution in [0.2, 0.25) is 0 Å². The Kier molecular flexibility index (Phi) is 4.80. The van der Waals surface area contributed by atoms with Crippen LogP contribution in [0, 0.1) is 11.8 Å². The lowest BCUT2D eigenvalue weighted by Crippen LogP contribution is -2.47. The van der Waals surface area contributed by atoms with Crippen LogP contribution in [0.5, 0.6) is 0 Å². The molecule has 1 aromatic carbocycles. The minimum atomic E-state index is -1.06. The smallest absolute Gasteiger partial charge is 0.326 e. The molecule has 1 aromatic rings. The number of carbonyl (C=O) groups is 3. The van der Waals surface area contributed by atoms with E-state index < -0.39 is 17.9 Å². The number of aliphatic carboxylic acids is 1. The van der Waals surface area contributed by atoms with Crippen LogP contribution in [-0.2, 0) is 14.4 Å². The average Bonchev–Trinajstić information content (AvgIpc) is 2.87. The molecule has 0 radical (unpaired) electrons. The molecule has 6 heteroatoms. The number of carboxylic acids is 1. The molecule has 0 unspecified atom stereocenters. The third kappa shape index (κ3) is 3.44. The first-order valence-corrected chi connectivity index (χ1v) is 7.28. The highest BCUT2D eigenvalue weighted by molar-refractivity contribution is 6.00. The fourth-order valence-electron chi connectivity index (χ4n) is 2.53. The predicted molar refractivity (Wildman–Crippen MR) is 81.3 cm³/mol. The van der Waals surface area contributed by atoms with Gasteiger partial charge in [-0.1, -0.05) is 32.0 Å². The van der Waals surface area contributed by atoms with Crippen molar-refractivity contribution in [3.05, 3.63) is 30.3 Å². The molecule has 118 valence electrons. The summed E-state index contributed by atoms with van der Waals surface area (Å²) >= 11 is 0.